The third-order valence-corrected chi connectivity index (χ3v) is 3.39. The van der Waals surface area contributed by atoms with Gasteiger partial charge in [0.15, 0.2) is 0 Å². The monoisotopic (exact) mass is 279 g/mol. The van der Waals surface area contributed by atoms with Gasteiger partial charge >= 0.3 is 0 Å². The van der Waals surface area contributed by atoms with Gasteiger partial charge in [-0.1, -0.05) is 6.92 Å². The largest absolute Gasteiger partial charge is 0.375 e. The Balaban J connectivity index is 2.35. The lowest BCUT2D eigenvalue weighted by atomic mass is 10.1. The van der Waals surface area contributed by atoms with E-state index in [1.54, 1.807) is 6.07 Å². The number of amides is 1. The first-order valence-electron chi connectivity index (χ1n) is 6.47. The highest BCUT2D eigenvalue weighted by atomic mass is 16.6. The molecule has 1 aromatic carbocycles. The molecule has 7 heteroatoms. The molecule has 1 aromatic rings. The average Bonchev–Trinajstić information content (AvgIpc) is 2.46. The van der Waals surface area contributed by atoms with Crippen LogP contribution in [0.15, 0.2) is 18.2 Å². The van der Waals surface area contributed by atoms with Gasteiger partial charge in [0, 0.05) is 24.7 Å². The van der Waals surface area contributed by atoms with Crippen molar-refractivity contribution >= 4 is 17.3 Å². The predicted octanol–water partition coefficient (Wildman–Crippen LogP) is 1.31. The van der Waals surface area contributed by atoms with Crippen LogP contribution in [0, 0.1) is 10.1 Å². The molecule has 1 fully saturated rings. The molecule has 0 aromatic heterocycles. The molecule has 0 bridgehead atoms. The molecular weight excluding hydrogens is 262 g/mol. The predicted molar refractivity (Wildman–Crippen MR) is 73.9 cm³/mol. The minimum atomic E-state index is -0.673. The summed E-state index contributed by atoms with van der Waals surface area (Å²) in [5.74, 6) is -0.673. The van der Waals surface area contributed by atoms with Crippen molar-refractivity contribution < 1.29 is 14.5 Å². The lowest BCUT2D eigenvalue weighted by molar-refractivity contribution is -0.384. The number of ether oxygens (including phenoxy) is 1. The summed E-state index contributed by atoms with van der Waals surface area (Å²) < 4.78 is 5.56. The number of benzene rings is 1. The van der Waals surface area contributed by atoms with E-state index in [4.69, 9.17) is 10.5 Å². The fourth-order valence-corrected chi connectivity index (χ4v) is 2.28. The molecular formula is C13H17N3O4. The Kier molecular flexibility index (Phi) is 4.19. The molecule has 0 aliphatic carbocycles. The van der Waals surface area contributed by atoms with Crippen molar-refractivity contribution in [2.45, 2.75) is 19.4 Å². The second kappa shape index (κ2) is 5.87. The Hall–Kier alpha value is -2.15. The summed E-state index contributed by atoms with van der Waals surface area (Å²) in [4.78, 5) is 23.7. The van der Waals surface area contributed by atoms with E-state index in [9.17, 15) is 14.9 Å². The van der Waals surface area contributed by atoms with E-state index in [-0.39, 0.29) is 17.4 Å². The van der Waals surface area contributed by atoms with Gasteiger partial charge in [-0.15, -0.1) is 0 Å². The molecule has 108 valence electrons. The zero-order valence-corrected chi connectivity index (χ0v) is 11.2. The van der Waals surface area contributed by atoms with Crippen LogP contribution in [-0.4, -0.2) is 36.6 Å². The lowest BCUT2D eigenvalue weighted by Crippen LogP contribution is -2.42. The molecule has 1 atom stereocenters. The first-order valence-corrected chi connectivity index (χ1v) is 6.47. The van der Waals surface area contributed by atoms with Crippen LogP contribution in [0.3, 0.4) is 0 Å². The second-order valence-electron chi connectivity index (χ2n) is 4.67. The molecule has 0 radical (unpaired) electrons. The van der Waals surface area contributed by atoms with Gasteiger partial charge in [-0.2, -0.15) is 0 Å². The number of hydrogen-bond acceptors (Lipinski definition) is 5. The van der Waals surface area contributed by atoms with E-state index in [0.717, 1.165) is 6.42 Å². The molecule has 0 saturated carbocycles. The number of anilines is 1. The standard InChI is InChI=1S/C13H17N3O4/c1-2-10-8-15(5-6-20-10)11-4-3-9(13(14)17)7-12(11)16(18)19/h3-4,7,10H,2,5-6,8H2,1H3,(H2,14,17)/t10-/m0/s1. The van der Waals surface area contributed by atoms with Crippen LogP contribution < -0.4 is 10.6 Å². The molecule has 0 spiro atoms. The van der Waals surface area contributed by atoms with Gasteiger partial charge in [0.05, 0.1) is 17.6 Å². The number of carbonyl (C=O) groups is 1. The number of primary amides is 1. The van der Waals surface area contributed by atoms with Gasteiger partial charge < -0.3 is 15.4 Å². The van der Waals surface area contributed by atoms with Gasteiger partial charge in [0.25, 0.3) is 5.69 Å². The van der Waals surface area contributed by atoms with E-state index in [2.05, 4.69) is 0 Å². The summed E-state index contributed by atoms with van der Waals surface area (Å²) in [6.07, 6.45) is 0.920. The first-order chi connectivity index (χ1) is 9.52. The Bertz CT molecular complexity index is 532. The van der Waals surface area contributed by atoms with Gasteiger partial charge in [-0.25, -0.2) is 0 Å². The quantitative estimate of drug-likeness (QED) is 0.661. The number of morpholine rings is 1. The third-order valence-electron chi connectivity index (χ3n) is 3.39. The molecule has 2 N–H and O–H groups in total. The van der Waals surface area contributed by atoms with E-state index < -0.39 is 10.8 Å². The maximum absolute atomic E-state index is 11.2. The number of rotatable bonds is 4. The summed E-state index contributed by atoms with van der Waals surface area (Å²) in [5, 5.41) is 11.2. The molecule has 1 aliphatic heterocycles. The van der Waals surface area contributed by atoms with Crippen LogP contribution >= 0.6 is 0 Å². The second-order valence-corrected chi connectivity index (χ2v) is 4.67. The number of nitrogens with two attached hydrogens (primary N) is 1. The topological polar surface area (TPSA) is 98.7 Å². The lowest BCUT2D eigenvalue weighted by Gasteiger charge is -2.33. The van der Waals surface area contributed by atoms with Crippen molar-refractivity contribution in [1.82, 2.24) is 0 Å². The molecule has 1 saturated heterocycles. The van der Waals surface area contributed by atoms with E-state index >= 15 is 0 Å². The van der Waals surface area contributed by atoms with E-state index in [1.165, 1.54) is 12.1 Å². The summed E-state index contributed by atoms with van der Waals surface area (Å²) in [5.41, 5.74) is 5.70. The van der Waals surface area contributed by atoms with Crippen molar-refractivity contribution in [1.29, 1.82) is 0 Å². The maximum atomic E-state index is 11.2. The Morgan fingerprint density at radius 2 is 2.35 bits per heavy atom. The van der Waals surface area contributed by atoms with Crippen molar-refractivity contribution in [3.05, 3.63) is 33.9 Å². The van der Waals surface area contributed by atoms with E-state index in [1.807, 2.05) is 11.8 Å². The minimum Gasteiger partial charge on any atom is -0.375 e. The molecule has 1 aliphatic rings. The van der Waals surface area contributed by atoms with Gasteiger partial charge in [-0.05, 0) is 18.6 Å². The number of hydrogen-bond donors (Lipinski definition) is 1. The van der Waals surface area contributed by atoms with Crippen LogP contribution in [0.4, 0.5) is 11.4 Å². The summed E-state index contributed by atoms with van der Waals surface area (Å²) in [7, 11) is 0. The number of nitrogens with zero attached hydrogens (tertiary/aromatic N) is 2. The molecule has 0 unspecified atom stereocenters. The van der Waals surface area contributed by atoms with Crippen molar-refractivity contribution in [3.8, 4) is 0 Å². The summed E-state index contributed by atoms with van der Waals surface area (Å²) >= 11 is 0. The maximum Gasteiger partial charge on any atom is 0.293 e. The Morgan fingerprint density at radius 1 is 1.60 bits per heavy atom. The zero-order valence-electron chi connectivity index (χ0n) is 11.2. The SMILES string of the molecule is CC[C@H]1CN(c2ccc(C(N)=O)cc2[N+](=O)[O-])CCO1. The number of nitro benzene ring substituents is 1. The highest BCUT2D eigenvalue weighted by molar-refractivity contribution is 5.94. The van der Waals surface area contributed by atoms with Gasteiger partial charge in [-0.3, -0.25) is 14.9 Å². The fraction of sp³-hybridized carbons (Fsp3) is 0.462. The fourth-order valence-electron chi connectivity index (χ4n) is 2.28. The van der Waals surface area contributed by atoms with E-state index in [0.29, 0.717) is 25.4 Å². The van der Waals surface area contributed by atoms with Crippen LogP contribution in [0.1, 0.15) is 23.7 Å². The summed E-state index contributed by atoms with van der Waals surface area (Å²) in [6.45, 7) is 3.74. The molecule has 1 heterocycles. The van der Waals surface area contributed by atoms with Crippen LogP contribution in [0.5, 0.6) is 0 Å². The van der Waals surface area contributed by atoms with Crippen molar-refractivity contribution in [3.63, 3.8) is 0 Å². The van der Waals surface area contributed by atoms with Crippen molar-refractivity contribution in [2.75, 3.05) is 24.6 Å². The molecule has 2 rings (SSSR count). The third kappa shape index (κ3) is 2.88. The average molecular weight is 279 g/mol. The zero-order chi connectivity index (χ0) is 14.7. The Labute approximate surface area is 116 Å². The van der Waals surface area contributed by atoms with Crippen molar-refractivity contribution in [2.24, 2.45) is 5.73 Å². The van der Waals surface area contributed by atoms with Gasteiger partial charge in [0.2, 0.25) is 5.91 Å². The molecule has 1 amide bonds. The number of nitro groups is 1. The van der Waals surface area contributed by atoms with Gasteiger partial charge in [0.1, 0.15) is 5.69 Å². The highest BCUT2D eigenvalue weighted by Crippen LogP contribution is 2.30. The summed E-state index contributed by atoms with van der Waals surface area (Å²) in [6, 6.07) is 4.32. The van der Waals surface area contributed by atoms with Crippen LogP contribution in [0.25, 0.3) is 0 Å². The molecule has 7 nitrogen and oxygen atoms in total. The highest BCUT2D eigenvalue weighted by Gasteiger charge is 2.26. The smallest absolute Gasteiger partial charge is 0.293 e. The normalized spacial score (nSPS) is 18.9. The minimum absolute atomic E-state index is 0.0687. The first kappa shape index (κ1) is 14.3. The molecule has 20 heavy (non-hydrogen) atoms. The van der Waals surface area contributed by atoms with Crippen LogP contribution in [0.2, 0.25) is 0 Å². The Morgan fingerprint density at radius 3 is 2.95 bits per heavy atom. The number of carbonyl (C=O) groups excluding carboxylic acids is 1. The van der Waals surface area contributed by atoms with Crippen LogP contribution in [-0.2, 0) is 4.74 Å².